The van der Waals surface area contributed by atoms with Gasteiger partial charge in [-0.3, -0.25) is 9.59 Å². The van der Waals surface area contributed by atoms with Crippen LogP contribution in [-0.2, 0) is 20.9 Å². The molecule has 1 heterocycles. The fraction of sp³-hybridized carbons (Fsp3) is 0.481. The maximum Gasteiger partial charge on any atom is 0.170 e. The van der Waals surface area contributed by atoms with E-state index in [-0.39, 0.29) is 11.7 Å². The molecule has 1 aromatic carbocycles. The number of allylic oxidation sites excluding steroid dienone is 5. The van der Waals surface area contributed by atoms with E-state index < -0.39 is 6.10 Å². The number of carbonyl (C=O) groups is 2. The summed E-state index contributed by atoms with van der Waals surface area (Å²) in [6, 6.07) is 9.92. The van der Waals surface area contributed by atoms with Gasteiger partial charge < -0.3 is 10.1 Å². The molecule has 0 amide bonds. The van der Waals surface area contributed by atoms with Gasteiger partial charge in [-0.05, 0) is 43.4 Å². The fourth-order valence-corrected chi connectivity index (χ4v) is 3.74. The third kappa shape index (κ3) is 9.06. The molecule has 1 aromatic rings. The molecule has 0 saturated heterocycles. The van der Waals surface area contributed by atoms with E-state index in [1.807, 2.05) is 67.8 Å². The van der Waals surface area contributed by atoms with Crippen molar-refractivity contribution in [2.45, 2.75) is 77.9 Å². The molecule has 1 aliphatic heterocycles. The Balaban J connectivity index is 2.01. The highest BCUT2D eigenvalue weighted by atomic mass is 16.5. The number of ketones is 2. The van der Waals surface area contributed by atoms with Gasteiger partial charge in [0.15, 0.2) is 5.78 Å². The molecule has 1 N–H and O–H groups in total. The molecule has 4 heteroatoms. The van der Waals surface area contributed by atoms with Crippen LogP contribution in [0, 0.1) is 5.92 Å². The zero-order chi connectivity index (χ0) is 22.3. The monoisotopic (exact) mass is 423 g/mol. The molecule has 0 aromatic heterocycles. The molecule has 0 spiro atoms. The van der Waals surface area contributed by atoms with Gasteiger partial charge >= 0.3 is 0 Å². The second-order valence-electron chi connectivity index (χ2n) is 8.05. The third-order valence-corrected chi connectivity index (χ3v) is 5.55. The van der Waals surface area contributed by atoms with Crippen molar-refractivity contribution < 1.29 is 14.3 Å². The number of hydrogen-bond acceptors (Lipinski definition) is 4. The normalized spacial score (nSPS) is 15.0. The largest absolute Gasteiger partial charge is 0.366 e. The summed E-state index contributed by atoms with van der Waals surface area (Å²) in [6.07, 6.45) is 15.4. The Morgan fingerprint density at radius 1 is 0.968 bits per heavy atom. The maximum atomic E-state index is 13.5. The Bertz CT molecular complexity index is 764. The molecule has 168 valence electrons. The van der Waals surface area contributed by atoms with Gasteiger partial charge in [-0.2, -0.15) is 0 Å². The first kappa shape index (κ1) is 24.8. The molecule has 0 saturated carbocycles. The fourth-order valence-electron chi connectivity index (χ4n) is 3.74. The van der Waals surface area contributed by atoms with Gasteiger partial charge in [-0.15, -0.1) is 0 Å². The molecule has 0 bridgehead atoms. The number of hydrogen-bond donors (Lipinski definition) is 1. The third-order valence-electron chi connectivity index (χ3n) is 5.55. The van der Waals surface area contributed by atoms with Crippen molar-refractivity contribution in [3.05, 3.63) is 72.1 Å². The summed E-state index contributed by atoms with van der Waals surface area (Å²) in [4.78, 5) is 25.6. The van der Waals surface area contributed by atoms with E-state index in [1.54, 1.807) is 0 Å². The van der Waals surface area contributed by atoms with Crippen LogP contribution in [0.2, 0.25) is 0 Å². The summed E-state index contributed by atoms with van der Waals surface area (Å²) in [7, 11) is 0. The summed E-state index contributed by atoms with van der Waals surface area (Å²) < 4.78 is 6.03. The van der Waals surface area contributed by atoms with E-state index in [0.29, 0.717) is 44.5 Å². The van der Waals surface area contributed by atoms with Crippen LogP contribution in [-0.4, -0.2) is 17.7 Å². The molecule has 2 rings (SSSR count). The average Bonchev–Trinajstić information content (AvgIpc) is 3.07. The van der Waals surface area contributed by atoms with Crippen molar-refractivity contribution in [2.75, 3.05) is 0 Å². The van der Waals surface area contributed by atoms with Gasteiger partial charge in [0.05, 0.1) is 12.5 Å². The second-order valence-corrected chi connectivity index (χ2v) is 8.05. The average molecular weight is 424 g/mol. The van der Waals surface area contributed by atoms with Crippen LogP contribution < -0.4 is 5.32 Å². The van der Waals surface area contributed by atoms with Crippen molar-refractivity contribution in [2.24, 2.45) is 5.92 Å². The van der Waals surface area contributed by atoms with Crippen molar-refractivity contribution in [3.63, 3.8) is 0 Å². The Morgan fingerprint density at radius 3 is 2.48 bits per heavy atom. The summed E-state index contributed by atoms with van der Waals surface area (Å²) in [5, 5.41) is 3.25. The molecule has 0 fully saturated rings. The van der Waals surface area contributed by atoms with Crippen LogP contribution in [0.1, 0.15) is 70.8 Å². The molecule has 31 heavy (non-hydrogen) atoms. The van der Waals surface area contributed by atoms with E-state index in [9.17, 15) is 9.59 Å². The molecule has 4 nitrogen and oxygen atoms in total. The minimum absolute atomic E-state index is 0.0827. The molecule has 0 radical (unpaired) electrons. The molecule has 0 aliphatic carbocycles. The minimum Gasteiger partial charge on any atom is -0.366 e. The van der Waals surface area contributed by atoms with Crippen molar-refractivity contribution >= 4 is 11.6 Å². The van der Waals surface area contributed by atoms with E-state index >= 15 is 0 Å². The van der Waals surface area contributed by atoms with Gasteiger partial charge in [-0.25, -0.2) is 0 Å². The van der Waals surface area contributed by atoms with Crippen LogP contribution >= 0.6 is 0 Å². The first-order valence-electron chi connectivity index (χ1n) is 11.7. The summed E-state index contributed by atoms with van der Waals surface area (Å²) in [6.45, 7) is 4.54. The Kier molecular flexibility index (Phi) is 11.6. The number of rotatable bonds is 15. The van der Waals surface area contributed by atoms with E-state index in [1.165, 1.54) is 0 Å². The van der Waals surface area contributed by atoms with Gasteiger partial charge in [0.2, 0.25) is 0 Å². The number of Topliss-reactive ketones (excluding diaryl/α,β-unsaturated/α-hetero) is 2. The quantitative estimate of drug-likeness (QED) is 0.349. The summed E-state index contributed by atoms with van der Waals surface area (Å²) in [5.74, 6) is 0.0745. The number of nitrogens with one attached hydrogen (secondary N) is 1. The van der Waals surface area contributed by atoms with Crippen LogP contribution in [0.3, 0.4) is 0 Å². The smallest absolute Gasteiger partial charge is 0.170 e. The predicted molar refractivity (Wildman–Crippen MR) is 126 cm³/mol. The highest BCUT2D eigenvalue weighted by molar-refractivity contribution is 5.88. The summed E-state index contributed by atoms with van der Waals surface area (Å²) in [5.41, 5.74) is 1.93. The van der Waals surface area contributed by atoms with Crippen LogP contribution in [0.25, 0.3) is 0 Å². The summed E-state index contributed by atoms with van der Waals surface area (Å²) >= 11 is 0. The standard InChI is InChI=1S/C27H37NO3/c1-3-5-8-16-23(29)17-13-18-24(25-19-11-7-12-20-28-25)27(30)26(4-2)31-21-22-14-9-6-10-15-22/h6-7,9-12,14-15,19-20,24,26,28H,3-5,8,13,16-18,21H2,1-2H3. The number of ether oxygens (including phenoxy) is 1. The van der Waals surface area contributed by atoms with Gasteiger partial charge in [0.1, 0.15) is 11.9 Å². The lowest BCUT2D eigenvalue weighted by Gasteiger charge is -2.24. The van der Waals surface area contributed by atoms with Crippen LogP contribution in [0.4, 0.5) is 0 Å². The maximum absolute atomic E-state index is 13.5. The second kappa shape index (κ2) is 14.5. The van der Waals surface area contributed by atoms with E-state index in [4.69, 9.17) is 4.74 Å². The number of benzene rings is 1. The van der Waals surface area contributed by atoms with Crippen molar-refractivity contribution in [3.8, 4) is 0 Å². The van der Waals surface area contributed by atoms with E-state index in [2.05, 4.69) is 12.2 Å². The Morgan fingerprint density at radius 2 is 1.74 bits per heavy atom. The lowest BCUT2D eigenvalue weighted by Crippen LogP contribution is -2.34. The van der Waals surface area contributed by atoms with Gasteiger partial charge in [0.25, 0.3) is 0 Å². The minimum atomic E-state index is -0.468. The van der Waals surface area contributed by atoms with Crippen LogP contribution in [0.5, 0.6) is 0 Å². The highest BCUT2D eigenvalue weighted by Crippen LogP contribution is 2.23. The molecule has 1 aliphatic rings. The Labute approximate surface area is 187 Å². The predicted octanol–water partition coefficient (Wildman–Crippen LogP) is 6.04. The number of carbonyl (C=O) groups excluding carboxylic acids is 2. The molecule has 2 unspecified atom stereocenters. The van der Waals surface area contributed by atoms with Gasteiger partial charge in [0, 0.05) is 24.7 Å². The topological polar surface area (TPSA) is 55.4 Å². The van der Waals surface area contributed by atoms with Crippen molar-refractivity contribution in [1.82, 2.24) is 5.32 Å². The Hall–Kier alpha value is -2.46. The van der Waals surface area contributed by atoms with E-state index in [0.717, 1.165) is 30.5 Å². The molecule has 2 atom stereocenters. The van der Waals surface area contributed by atoms with Gasteiger partial charge in [-0.1, -0.05) is 69.2 Å². The zero-order valence-corrected chi connectivity index (χ0v) is 19.0. The lowest BCUT2D eigenvalue weighted by atomic mass is 9.89. The molecular weight excluding hydrogens is 386 g/mol. The molecular formula is C27H37NO3. The first-order chi connectivity index (χ1) is 15.2. The zero-order valence-electron chi connectivity index (χ0n) is 19.0. The lowest BCUT2D eigenvalue weighted by molar-refractivity contribution is -0.135. The number of unbranched alkanes of at least 4 members (excludes halogenated alkanes) is 2. The van der Waals surface area contributed by atoms with Crippen LogP contribution in [0.15, 0.2) is 66.5 Å². The van der Waals surface area contributed by atoms with Crippen molar-refractivity contribution in [1.29, 1.82) is 0 Å². The first-order valence-corrected chi connectivity index (χ1v) is 11.7. The SMILES string of the molecule is CCCCCC(=O)CCCC(C(=O)C(CC)OCc1ccccc1)C1=CC=CC=CN1. The highest BCUT2D eigenvalue weighted by Gasteiger charge is 2.29.